The van der Waals surface area contributed by atoms with Crippen LogP contribution in [-0.4, -0.2) is 15.0 Å². The van der Waals surface area contributed by atoms with Gasteiger partial charge >= 0.3 is 0 Å². The van der Waals surface area contributed by atoms with Crippen LogP contribution in [0.2, 0.25) is 0 Å². The number of benzene rings is 8. The lowest BCUT2D eigenvalue weighted by atomic mass is 9.47. The van der Waals surface area contributed by atoms with Crippen LogP contribution in [0.4, 0.5) is 0 Å². The molecule has 4 nitrogen and oxygen atoms in total. The highest BCUT2D eigenvalue weighted by atomic mass is 15.0. The van der Waals surface area contributed by atoms with E-state index in [1.165, 1.54) is 98.6 Å². The molecular formula is C64H54N4. The first-order chi connectivity index (χ1) is 33.4. The maximum Gasteiger partial charge on any atom is 0.164 e. The number of nitrogens with zero attached hydrogens (tertiary/aromatic N) is 4. The van der Waals surface area contributed by atoms with Gasteiger partial charge in [-0.15, -0.1) is 0 Å². The fourth-order valence-corrected chi connectivity index (χ4v) is 16.7. The molecule has 4 heteroatoms. The van der Waals surface area contributed by atoms with Crippen LogP contribution in [0, 0.1) is 46.8 Å². The van der Waals surface area contributed by atoms with Crippen molar-refractivity contribution in [3.63, 3.8) is 0 Å². The van der Waals surface area contributed by atoms with Gasteiger partial charge in [-0.2, -0.15) is 5.26 Å². The Bertz CT molecular complexity index is 3400. The molecule has 0 N–H and O–H groups in total. The Hall–Kier alpha value is -6.70. The Morgan fingerprint density at radius 3 is 1.26 bits per heavy atom. The molecule has 0 unspecified atom stereocenters. The molecule has 1 aromatic heterocycles. The summed E-state index contributed by atoms with van der Waals surface area (Å²) < 4.78 is 0. The molecule has 1 heterocycles. The summed E-state index contributed by atoms with van der Waals surface area (Å²) in [5, 5.41) is 19.6. The van der Waals surface area contributed by atoms with Crippen molar-refractivity contribution in [1.82, 2.24) is 15.0 Å². The molecular weight excluding hydrogens is 825 g/mol. The van der Waals surface area contributed by atoms with Gasteiger partial charge in [0.15, 0.2) is 17.5 Å². The van der Waals surface area contributed by atoms with Crippen molar-refractivity contribution in [2.45, 2.75) is 87.9 Å². The lowest BCUT2D eigenvalue weighted by Gasteiger charge is -2.57. The average Bonchev–Trinajstić information content (AvgIpc) is 3.36. The molecule has 0 amide bonds. The van der Waals surface area contributed by atoms with E-state index in [9.17, 15) is 5.26 Å². The van der Waals surface area contributed by atoms with Gasteiger partial charge in [-0.05, 0) is 195 Å². The lowest BCUT2D eigenvalue weighted by molar-refractivity contribution is -0.00462. The highest BCUT2D eigenvalue weighted by molar-refractivity contribution is 6.11. The van der Waals surface area contributed by atoms with Gasteiger partial charge in [-0.3, -0.25) is 0 Å². The van der Waals surface area contributed by atoms with Gasteiger partial charge in [0.05, 0.1) is 11.6 Å². The summed E-state index contributed by atoms with van der Waals surface area (Å²) in [7, 11) is 0. The van der Waals surface area contributed by atoms with Gasteiger partial charge < -0.3 is 0 Å². The maximum atomic E-state index is 10.1. The molecule has 0 spiro atoms. The molecule has 0 radical (unpaired) electrons. The fourth-order valence-electron chi connectivity index (χ4n) is 16.7. The largest absolute Gasteiger partial charge is 0.208 e. The molecule has 0 atom stereocenters. The van der Waals surface area contributed by atoms with Gasteiger partial charge in [0, 0.05) is 22.1 Å². The van der Waals surface area contributed by atoms with E-state index >= 15 is 0 Å². The van der Waals surface area contributed by atoms with E-state index < -0.39 is 0 Å². The van der Waals surface area contributed by atoms with E-state index in [0.717, 1.165) is 96.5 Å². The number of rotatable bonds is 6. The van der Waals surface area contributed by atoms with Crippen LogP contribution in [0.1, 0.15) is 93.7 Å². The topological polar surface area (TPSA) is 62.5 Å². The van der Waals surface area contributed by atoms with Gasteiger partial charge in [-0.1, -0.05) is 133 Å². The number of hydrogen-bond acceptors (Lipinski definition) is 4. The predicted octanol–water partition coefficient (Wildman–Crippen LogP) is 16.0. The SMILES string of the molecule is N#Cc1cc2cc(-c3ccc(-c4nc(-c5ccc(C67CC8C[C@H](C6)C[C@@H](C8)C7)c6ccccc56)nc(-c5ccc(C67C[C@H]8C[C@H](C6)C[C@@H](C7)C8)c6ccccc56)n4)cc3)ccc2c2ccccc12. The summed E-state index contributed by atoms with van der Waals surface area (Å²) in [5.74, 6) is 7.40. The summed E-state index contributed by atoms with van der Waals surface area (Å²) in [4.78, 5) is 16.4. The third-order valence-electron chi connectivity index (χ3n) is 18.6. The van der Waals surface area contributed by atoms with Crippen LogP contribution in [0.25, 0.3) is 88.4 Å². The number of fused-ring (bicyclic) bond motifs is 5. The minimum atomic E-state index is 0.276. The Morgan fingerprint density at radius 1 is 0.368 bits per heavy atom. The van der Waals surface area contributed by atoms with Gasteiger partial charge in [0.2, 0.25) is 0 Å². The summed E-state index contributed by atoms with van der Waals surface area (Å²) in [6, 6.07) is 55.9. The van der Waals surface area contributed by atoms with Crippen molar-refractivity contribution in [2.24, 2.45) is 35.5 Å². The molecule has 8 fully saturated rings. The smallest absolute Gasteiger partial charge is 0.164 e. The zero-order valence-corrected chi connectivity index (χ0v) is 38.6. The van der Waals surface area contributed by atoms with E-state index in [1.807, 2.05) is 18.2 Å². The fraction of sp³-hybridized carbons (Fsp3) is 0.312. The predicted molar refractivity (Wildman–Crippen MR) is 276 cm³/mol. The number of nitriles is 1. The van der Waals surface area contributed by atoms with E-state index in [4.69, 9.17) is 15.0 Å². The van der Waals surface area contributed by atoms with Crippen LogP contribution < -0.4 is 0 Å². The Kier molecular flexibility index (Phi) is 8.47. The van der Waals surface area contributed by atoms with Crippen LogP contribution in [-0.2, 0) is 10.8 Å². The summed E-state index contributed by atoms with van der Waals surface area (Å²) >= 11 is 0. The van der Waals surface area contributed by atoms with Crippen molar-refractivity contribution in [2.75, 3.05) is 0 Å². The van der Waals surface area contributed by atoms with Crippen LogP contribution >= 0.6 is 0 Å². The molecule has 68 heavy (non-hydrogen) atoms. The summed E-state index contributed by atoms with van der Waals surface area (Å²) in [6.07, 6.45) is 16.6. The first kappa shape index (κ1) is 39.3. The standard InChI is InChI=1S/C64H54N4/c65-37-48-30-47-29-46(17-18-50(47)51-8-2-1-7-49(48)51)44-13-15-45(16-14-44)60-66-61(56-19-21-58(54-11-5-3-9-52(54)56)63-31-38-23-39(32-63)25-40(24-38)33-63)68-62(67-60)57-20-22-59(55-12-6-4-10-53(55)57)64-34-41-26-42(35-64)28-43(27-41)36-64/h1-22,29-30,38-43H,23-28,31-36H2/t38-,39-,40-,41-,42+,43?,63?,64?. The van der Waals surface area contributed by atoms with E-state index in [1.54, 1.807) is 11.1 Å². The second-order valence-corrected chi connectivity index (χ2v) is 22.7. The average molecular weight is 879 g/mol. The normalized spacial score (nSPS) is 27.7. The third kappa shape index (κ3) is 6.00. The molecule has 8 aromatic carbocycles. The number of aromatic nitrogens is 3. The van der Waals surface area contributed by atoms with Crippen LogP contribution in [0.5, 0.6) is 0 Å². The zero-order chi connectivity index (χ0) is 44.7. The molecule has 8 aliphatic carbocycles. The van der Waals surface area contributed by atoms with E-state index in [-0.39, 0.29) is 10.8 Å². The molecule has 17 rings (SSSR count). The van der Waals surface area contributed by atoms with Gasteiger partial charge in [0.25, 0.3) is 0 Å². The van der Waals surface area contributed by atoms with Crippen LogP contribution in [0.15, 0.2) is 146 Å². The maximum absolute atomic E-state index is 10.1. The summed E-state index contributed by atoms with van der Waals surface area (Å²) in [6.45, 7) is 0. The van der Waals surface area contributed by atoms with E-state index in [0.29, 0.717) is 11.4 Å². The highest BCUT2D eigenvalue weighted by Crippen LogP contribution is 2.63. The third-order valence-corrected chi connectivity index (χ3v) is 18.6. The zero-order valence-electron chi connectivity index (χ0n) is 38.6. The molecule has 9 aromatic rings. The minimum absolute atomic E-state index is 0.276. The lowest BCUT2D eigenvalue weighted by Crippen LogP contribution is -2.48. The Morgan fingerprint density at radius 2 is 0.779 bits per heavy atom. The quantitative estimate of drug-likeness (QED) is 0.156. The molecule has 8 saturated carbocycles. The van der Waals surface area contributed by atoms with Crippen LogP contribution in [0.3, 0.4) is 0 Å². The van der Waals surface area contributed by atoms with E-state index in [2.05, 4.69) is 133 Å². The monoisotopic (exact) mass is 878 g/mol. The van der Waals surface area contributed by atoms with Crippen molar-refractivity contribution in [1.29, 1.82) is 5.26 Å². The van der Waals surface area contributed by atoms with Crippen molar-refractivity contribution >= 4 is 43.1 Å². The Balaban J connectivity index is 0.877. The Labute approximate surface area is 398 Å². The van der Waals surface area contributed by atoms with Crippen molar-refractivity contribution in [3.8, 4) is 51.4 Å². The first-order valence-electron chi connectivity index (χ1n) is 25.7. The molecule has 330 valence electrons. The molecule has 8 aliphatic rings. The second-order valence-electron chi connectivity index (χ2n) is 22.7. The minimum Gasteiger partial charge on any atom is -0.208 e. The van der Waals surface area contributed by atoms with Crippen molar-refractivity contribution < 1.29 is 0 Å². The molecule has 8 bridgehead atoms. The van der Waals surface area contributed by atoms with Gasteiger partial charge in [-0.25, -0.2) is 15.0 Å². The number of hydrogen-bond donors (Lipinski definition) is 0. The van der Waals surface area contributed by atoms with Gasteiger partial charge in [0.1, 0.15) is 0 Å². The first-order valence-corrected chi connectivity index (χ1v) is 25.7. The second kappa shape index (κ2) is 14.7. The molecule has 0 aliphatic heterocycles. The summed E-state index contributed by atoms with van der Waals surface area (Å²) in [5.41, 5.74) is 9.68. The van der Waals surface area contributed by atoms with Crippen molar-refractivity contribution in [3.05, 3.63) is 162 Å². The highest BCUT2D eigenvalue weighted by Gasteiger charge is 2.53. The molecule has 0 saturated heterocycles.